The van der Waals surface area contributed by atoms with E-state index in [2.05, 4.69) is 10.1 Å². The summed E-state index contributed by atoms with van der Waals surface area (Å²) in [7, 11) is -3.77. The number of fused-ring (bicyclic) bond motifs is 3. The van der Waals surface area contributed by atoms with Crippen molar-refractivity contribution < 1.29 is 21.9 Å². The molecule has 0 spiro atoms. The van der Waals surface area contributed by atoms with Gasteiger partial charge in [-0.3, -0.25) is 4.18 Å². The zero-order chi connectivity index (χ0) is 19.4. The van der Waals surface area contributed by atoms with E-state index in [1.165, 1.54) is 0 Å². The number of nitrogens with zero attached hydrogens (tertiary/aromatic N) is 2. The molecule has 0 N–H and O–H groups in total. The van der Waals surface area contributed by atoms with Gasteiger partial charge in [-0.1, -0.05) is 22.9 Å². The first kappa shape index (κ1) is 18.3. The van der Waals surface area contributed by atoms with E-state index in [0.29, 0.717) is 18.4 Å². The van der Waals surface area contributed by atoms with Gasteiger partial charge in [0.05, 0.1) is 18.1 Å². The van der Waals surface area contributed by atoms with Crippen LogP contribution in [-0.2, 0) is 24.6 Å². The summed E-state index contributed by atoms with van der Waals surface area (Å²) in [5.41, 5.74) is 0.212. The normalized spacial score (nSPS) is 29.9. The first-order chi connectivity index (χ1) is 13.4. The van der Waals surface area contributed by atoms with Crippen LogP contribution in [0, 0.1) is 12.3 Å². The first-order valence-corrected chi connectivity index (χ1v) is 11.2. The molecule has 1 aromatic heterocycles. The van der Waals surface area contributed by atoms with Crippen LogP contribution in [0.5, 0.6) is 0 Å². The summed E-state index contributed by atoms with van der Waals surface area (Å²) in [4.78, 5) is 4.78. The molecule has 2 saturated heterocycles. The van der Waals surface area contributed by atoms with Crippen molar-refractivity contribution in [1.82, 2.24) is 10.1 Å². The van der Waals surface area contributed by atoms with Crippen LogP contribution in [0.25, 0.3) is 0 Å². The molecule has 150 valence electrons. The predicted molar refractivity (Wildman–Crippen MR) is 99.1 cm³/mol. The predicted octanol–water partition coefficient (Wildman–Crippen LogP) is 3.45. The Kier molecular flexibility index (Phi) is 4.16. The zero-order valence-electron chi connectivity index (χ0n) is 15.9. The molecular formula is C20H24N2O5S. The Bertz CT molecular complexity index is 954. The number of benzene rings is 1. The van der Waals surface area contributed by atoms with Gasteiger partial charge in [-0.25, -0.2) is 0 Å². The van der Waals surface area contributed by atoms with Crippen molar-refractivity contribution in [2.45, 2.75) is 61.9 Å². The van der Waals surface area contributed by atoms with Crippen molar-refractivity contribution in [3.8, 4) is 0 Å². The molecule has 2 saturated carbocycles. The maximum absolute atomic E-state index is 12.5. The van der Waals surface area contributed by atoms with Gasteiger partial charge in [0.25, 0.3) is 16.0 Å². The second kappa shape index (κ2) is 6.37. The van der Waals surface area contributed by atoms with Crippen molar-refractivity contribution in [3.63, 3.8) is 0 Å². The summed E-state index contributed by atoms with van der Waals surface area (Å²) in [5, 5.41) is 4.12. The largest absolute Gasteiger partial charge is 0.364 e. The molecule has 4 aliphatic rings. The standard InChI is InChI=1S/C20H24N2O5S/c1-14-2-6-16(7-3-14)28(23,24)26-13-19-8-10-20(11-9-19,25-12-19)18-21-17(22-27-18)15-4-5-15/h2-3,6-7,15H,4-5,8-13H2,1H3. The molecule has 0 amide bonds. The highest BCUT2D eigenvalue weighted by molar-refractivity contribution is 7.86. The van der Waals surface area contributed by atoms with Crippen molar-refractivity contribution >= 4 is 10.1 Å². The molecule has 8 heteroatoms. The molecule has 28 heavy (non-hydrogen) atoms. The summed E-state index contributed by atoms with van der Waals surface area (Å²) in [6.45, 7) is 2.49. The van der Waals surface area contributed by atoms with E-state index in [4.69, 9.17) is 13.4 Å². The second-order valence-corrected chi connectivity index (χ2v) is 10.2. The average molecular weight is 404 g/mol. The van der Waals surface area contributed by atoms with Crippen LogP contribution in [0.4, 0.5) is 0 Å². The molecule has 2 aliphatic carbocycles. The lowest BCUT2D eigenvalue weighted by Gasteiger charge is -2.50. The minimum atomic E-state index is -3.77. The number of hydrogen-bond acceptors (Lipinski definition) is 7. The van der Waals surface area contributed by atoms with Gasteiger partial charge in [-0.05, 0) is 57.6 Å². The quantitative estimate of drug-likeness (QED) is 0.681. The molecular weight excluding hydrogens is 380 g/mol. The van der Waals surface area contributed by atoms with E-state index in [9.17, 15) is 8.42 Å². The fraction of sp³-hybridized carbons (Fsp3) is 0.600. The Morgan fingerprint density at radius 3 is 2.46 bits per heavy atom. The van der Waals surface area contributed by atoms with Crippen LogP contribution in [0.1, 0.15) is 61.7 Å². The third-order valence-electron chi connectivity index (χ3n) is 6.38. The highest BCUT2D eigenvalue weighted by atomic mass is 32.2. The van der Waals surface area contributed by atoms with E-state index >= 15 is 0 Å². The van der Waals surface area contributed by atoms with E-state index in [1.54, 1.807) is 24.3 Å². The van der Waals surface area contributed by atoms with Crippen LogP contribution >= 0.6 is 0 Å². The van der Waals surface area contributed by atoms with E-state index in [0.717, 1.165) is 49.9 Å². The Labute approximate surface area is 164 Å². The monoisotopic (exact) mass is 404 g/mol. The van der Waals surface area contributed by atoms with Crippen LogP contribution in [0.15, 0.2) is 33.7 Å². The number of aryl methyl sites for hydroxylation is 1. The van der Waals surface area contributed by atoms with Crippen LogP contribution in [0.3, 0.4) is 0 Å². The van der Waals surface area contributed by atoms with Crippen LogP contribution in [-0.4, -0.2) is 31.8 Å². The topological polar surface area (TPSA) is 91.5 Å². The summed E-state index contributed by atoms with van der Waals surface area (Å²) >= 11 is 0. The third-order valence-corrected chi connectivity index (χ3v) is 7.65. The van der Waals surface area contributed by atoms with E-state index in [1.807, 2.05) is 6.92 Å². The first-order valence-electron chi connectivity index (χ1n) is 9.84. The zero-order valence-corrected chi connectivity index (χ0v) is 16.7. The lowest BCUT2D eigenvalue weighted by atomic mass is 9.66. The molecule has 1 aromatic carbocycles. The van der Waals surface area contributed by atoms with E-state index in [-0.39, 0.29) is 16.9 Å². The second-order valence-electron chi connectivity index (χ2n) is 8.54. The minimum Gasteiger partial charge on any atom is -0.364 e. The van der Waals surface area contributed by atoms with Gasteiger partial charge in [-0.2, -0.15) is 13.4 Å². The molecule has 2 aromatic rings. The van der Waals surface area contributed by atoms with Crippen molar-refractivity contribution in [2.75, 3.05) is 13.2 Å². The SMILES string of the molecule is Cc1ccc(S(=O)(=O)OCC23CCC(c4nc(C5CC5)no4)(CC2)OC3)cc1. The van der Waals surface area contributed by atoms with Crippen molar-refractivity contribution in [3.05, 3.63) is 41.5 Å². The molecule has 4 fully saturated rings. The number of rotatable bonds is 6. The van der Waals surface area contributed by atoms with Gasteiger partial charge in [0.15, 0.2) is 5.82 Å². The summed E-state index contributed by atoms with van der Waals surface area (Å²) in [6, 6.07) is 6.71. The van der Waals surface area contributed by atoms with Crippen LogP contribution < -0.4 is 0 Å². The summed E-state index contributed by atoms with van der Waals surface area (Å²) < 4.78 is 42.2. The van der Waals surface area contributed by atoms with Crippen molar-refractivity contribution in [2.24, 2.45) is 5.41 Å². The van der Waals surface area contributed by atoms with Gasteiger partial charge >= 0.3 is 0 Å². The summed E-state index contributed by atoms with van der Waals surface area (Å²) in [5.74, 6) is 1.82. The van der Waals surface area contributed by atoms with Gasteiger partial charge in [-0.15, -0.1) is 0 Å². The Morgan fingerprint density at radius 2 is 1.86 bits per heavy atom. The molecule has 2 aliphatic heterocycles. The smallest absolute Gasteiger partial charge is 0.296 e. The lowest BCUT2D eigenvalue weighted by molar-refractivity contribution is -0.207. The Hall–Kier alpha value is -1.77. The maximum atomic E-state index is 12.5. The lowest BCUT2D eigenvalue weighted by Crippen LogP contribution is -2.51. The molecule has 7 nitrogen and oxygen atoms in total. The maximum Gasteiger partial charge on any atom is 0.296 e. The third kappa shape index (κ3) is 3.17. The molecule has 0 atom stereocenters. The van der Waals surface area contributed by atoms with Gasteiger partial charge in [0, 0.05) is 11.3 Å². The van der Waals surface area contributed by atoms with Gasteiger partial charge in [0.1, 0.15) is 5.60 Å². The van der Waals surface area contributed by atoms with Gasteiger partial charge in [0.2, 0.25) is 0 Å². The number of hydrogen-bond donors (Lipinski definition) is 0. The van der Waals surface area contributed by atoms with Gasteiger partial charge < -0.3 is 9.26 Å². The average Bonchev–Trinajstić information content (AvgIpc) is 3.44. The Morgan fingerprint density at radius 1 is 1.14 bits per heavy atom. The fourth-order valence-electron chi connectivity index (χ4n) is 4.13. The van der Waals surface area contributed by atoms with E-state index < -0.39 is 15.7 Å². The fourth-order valence-corrected chi connectivity index (χ4v) is 5.14. The molecule has 2 bridgehead atoms. The molecule has 3 heterocycles. The van der Waals surface area contributed by atoms with Crippen molar-refractivity contribution in [1.29, 1.82) is 0 Å². The summed E-state index contributed by atoms with van der Waals surface area (Å²) in [6.07, 6.45) is 5.38. The highest BCUT2D eigenvalue weighted by Crippen LogP contribution is 2.53. The molecule has 6 rings (SSSR count). The highest BCUT2D eigenvalue weighted by Gasteiger charge is 2.54. The minimum absolute atomic E-state index is 0.135. The molecule has 0 radical (unpaired) electrons. The van der Waals surface area contributed by atoms with Crippen LogP contribution in [0.2, 0.25) is 0 Å². The number of ether oxygens (including phenoxy) is 1. The molecule has 0 unspecified atom stereocenters. The Balaban J connectivity index is 1.25. The number of aromatic nitrogens is 2.